The summed E-state index contributed by atoms with van der Waals surface area (Å²) in [6, 6.07) is 13.8. The van der Waals surface area contributed by atoms with Crippen LogP contribution in [-0.2, 0) is 29.1 Å². The van der Waals surface area contributed by atoms with Crippen molar-refractivity contribution in [2.75, 3.05) is 14.2 Å². The summed E-state index contributed by atoms with van der Waals surface area (Å²) in [6.45, 7) is 3.03. The normalized spacial score (nSPS) is 10.4. The van der Waals surface area contributed by atoms with E-state index in [1.165, 1.54) is 0 Å². The molecule has 23 heavy (non-hydrogen) atoms. The van der Waals surface area contributed by atoms with E-state index in [1.54, 1.807) is 14.2 Å². The van der Waals surface area contributed by atoms with Crippen LogP contribution in [0.15, 0.2) is 42.5 Å². The fourth-order valence-corrected chi connectivity index (χ4v) is 2.44. The minimum Gasteiger partial charge on any atom is -0.496 e. The number of hydrogen-bond donors (Lipinski definition) is 1. The van der Waals surface area contributed by atoms with Crippen molar-refractivity contribution in [3.8, 4) is 5.75 Å². The van der Waals surface area contributed by atoms with Crippen LogP contribution in [0.2, 0.25) is 0 Å². The van der Waals surface area contributed by atoms with Crippen molar-refractivity contribution in [3.63, 3.8) is 0 Å². The quantitative estimate of drug-likeness (QED) is 0.855. The van der Waals surface area contributed by atoms with Gasteiger partial charge in [0.25, 0.3) is 0 Å². The van der Waals surface area contributed by atoms with Crippen LogP contribution in [0.25, 0.3) is 0 Å². The Kier molecular flexibility index (Phi) is 6.18. The Morgan fingerprint density at radius 1 is 1.09 bits per heavy atom. The topological polar surface area (TPSA) is 47.6 Å². The summed E-state index contributed by atoms with van der Waals surface area (Å²) in [5, 5.41) is 2.96. The van der Waals surface area contributed by atoms with Crippen molar-refractivity contribution < 1.29 is 14.3 Å². The highest BCUT2D eigenvalue weighted by Gasteiger charge is 2.07. The molecule has 1 N–H and O–H groups in total. The van der Waals surface area contributed by atoms with Gasteiger partial charge in [-0.05, 0) is 35.2 Å². The van der Waals surface area contributed by atoms with Gasteiger partial charge in [0.1, 0.15) is 5.75 Å². The maximum Gasteiger partial charge on any atom is 0.224 e. The van der Waals surface area contributed by atoms with Crippen molar-refractivity contribution in [1.29, 1.82) is 0 Å². The highest BCUT2D eigenvalue weighted by molar-refractivity contribution is 5.78. The summed E-state index contributed by atoms with van der Waals surface area (Å²) in [7, 11) is 3.30. The molecule has 0 fully saturated rings. The second kappa shape index (κ2) is 8.34. The molecule has 0 aromatic heterocycles. The number of nitrogens with one attached hydrogen (secondary N) is 1. The maximum absolute atomic E-state index is 12.2. The van der Waals surface area contributed by atoms with E-state index in [2.05, 4.69) is 5.32 Å². The molecule has 2 aromatic rings. The lowest BCUT2D eigenvalue weighted by atomic mass is 10.1. The molecule has 0 radical (unpaired) electrons. The molecule has 0 spiro atoms. The summed E-state index contributed by atoms with van der Waals surface area (Å²) in [5.74, 6) is 0.795. The molecule has 0 unspecified atom stereocenters. The molecule has 122 valence electrons. The molecule has 2 rings (SSSR count). The Morgan fingerprint density at radius 2 is 1.83 bits per heavy atom. The molecule has 0 heterocycles. The minimum atomic E-state index is -0.0110. The number of ether oxygens (including phenoxy) is 2. The zero-order valence-corrected chi connectivity index (χ0v) is 13.9. The first-order valence-electron chi connectivity index (χ1n) is 7.60. The zero-order chi connectivity index (χ0) is 16.7. The van der Waals surface area contributed by atoms with E-state index in [1.807, 2.05) is 49.4 Å². The summed E-state index contributed by atoms with van der Waals surface area (Å²) in [5.41, 5.74) is 4.16. The molecule has 0 atom stereocenters. The third-order valence-electron chi connectivity index (χ3n) is 3.73. The van der Waals surface area contributed by atoms with E-state index in [0.717, 1.165) is 28.0 Å². The third-order valence-corrected chi connectivity index (χ3v) is 3.73. The molecule has 4 heteroatoms. The standard InChI is InChI=1S/C19H23NO3/c1-14-8-9-15(10-18(14)23-3)11-19(21)20-12-16-6-4-5-7-17(16)13-22-2/h4-10H,11-13H2,1-3H3,(H,20,21). The first-order chi connectivity index (χ1) is 11.1. The van der Waals surface area contributed by atoms with Crippen LogP contribution in [0.4, 0.5) is 0 Å². The van der Waals surface area contributed by atoms with Gasteiger partial charge >= 0.3 is 0 Å². The number of methoxy groups -OCH3 is 2. The number of benzene rings is 2. The summed E-state index contributed by atoms with van der Waals surface area (Å²) in [6.07, 6.45) is 0.336. The number of amides is 1. The largest absolute Gasteiger partial charge is 0.496 e. The van der Waals surface area contributed by atoms with Crippen LogP contribution in [-0.4, -0.2) is 20.1 Å². The molecule has 0 saturated heterocycles. The van der Waals surface area contributed by atoms with Gasteiger partial charge in [-0.15, -0.1) is 0 Å². The van der Waals surface area contributed by atoms with Crippen LogP contribution in [0.3, 0.4) is 0 Å². The van der Waals surface area contributed by atoms with E-state index >= 15 is 0 Å². The molecule has 0 saturated carbocycles. The molecular formula is C19H23NO3. The van der Waals surface area contributed by atoms with Crippen molar-refractivity contribution in [2.45, 2.75) is 26.5 Å². The van der Waals surface area contributed by atoms with Crippen LogP contribution < -0.4 is 10.1 Å². The average molecular weight is 313 g/mol. The highest BCUT2D eigenvalue weighted by Crippen LogP contribution is 2.19. The molecule has 4 nitrogen and oxygen atoms in total. The molecule has 0 bridgehead atoms. The monoisotopic (exact) mass is 313 g/mol. The number of aryl methyl sites for hydroxylation is 1. The third kappa shape index (κ3) is 4.83. The lowest BCUT2D eigenvalue weighted by Gasteiger charge is -2.11. The molecule has 1 amide bonds. The van der Waals surface area contributed by atoms with Gasteiger partial charge in [-0.3, -0.25) is 4.79 Å². The summed E-state index contributed by atoms with van der Waals surface area (Å²) >= 11 is 0. The van der Waals surface area contributed by atoms with Crippen LogP contribution in [0, 0.1) is 6.92 Å². The Balaban J connectivity index is 1.95. The van der Waals surface area contributed by atoms with Crippen molar-refractivity contribution in [2.24, 2.45) is 0 Å². The molecule has 2 aromatic carbocycles. The smallest absolute Gasteiger partial charge is 0.224 e. The van der Waals surface area contributed by atoms with Crippen LogP contribution >= 0.6 is 0 Å². The van der Waals surface area contributed by atoms with E-state index in [4.69, 9.17) is 9.47 Å². The van der Waals surface area contributed by atoms with Gasteiger partial charge in [-0.25, -0.2) is 0 Å². The second-order valence-electron chi connectivity index (χ2n) is 5.46. The number of carbonyl (C=O) groups excluding carboxylic acids is 1. The summed E-state index contributed by atoms with van der Waals surface area (Å²) < 4.78 is 10.5. The lowest BCUT2D eigenvalue weighted by Crippen LogP contribution is -2.25. The SMILES string of the molecule is COCc1ccccc1CNC(=O)Cc1ccc(C)c(OC)c1. The van der Waals surface area contributed by atoms with Gasteiger partial charge in [0.2, 0.25) is 5.91 Å². The number of carbonyl (C=O) groups is 1. The second-order valence-corrected chi connectivity index (χ2v) is 5.46. The minimum absolute atomic E-state index is 0.0110. The van der Waals surface area contributed by atoms with Crippen LogP contribution in [0.1, 0.15) is 22.3 Å². The van der Waals surface area contributed by atoms with E-state index < -0.39 is 0 Å². The molecule has 0 aliphatic carbocycles. The van der Waals surface area contributed by atoms with Crippen LogP contribution in [0.5, 0.6) is 5.75 Å². The highest BCUT2D eigenvalue weighted by atomic mass is 16.5. The lowest BCUT2D eigenvalue weighted by molar-refractivity contribution is -0.120. The Labute approximate surface area is 137 Å². The van der Waals surface area contributed by atoms with Gasteiger partial charge < -0.3 is 14.8 Å². The van der Waals surface area contributed by atoms with Gasteiger partial charge in [-0.1, -0.05) is 36.4 Å². The van der Waals surface area contributed by atoms with Gasteiger partial charge in [0.05, 0.1) is 20.1 Å². The van der Waals surface area contributed by atoms with E-state index in [0.29, 0.717) is 19.6 Å². The predicted octanol–water partition coefficient (Wildman–Crippen LogP) is 3.01. The van der Waals surface area contributed by atoms with Gasteiger partial charge in [0.15, 0.2) is 0 Å². The van der Waals surface area contributed by atoms with E-state index in [-0.39, 0.29) is 5.91 Å². The van der Waals surface area contributed by atoms with Gasteiger partial charge in [-0.2, -0.15) is 0 Å². The maximum atomic E-state index is 12.2. The Bertz CT molecular complexity index is 667. The molecule has 0 aliphatic heterocycles. The molecule has 0 aliphatic rings. The fourth-order valence-electron chi connectivity index (χ4n) is 2.44. The first kappa shape index (κ1) is 17.0. The van der Waals surface area contributed by atoms with Gasteiger partial charge in [0, 0.05) is 13.7 Å². The van der Waals surface area contributed by atoms with Crippen molar-refractivity contribution in [3.05, 3.63) is 64.7 Å². The molecular weight excluding hydrogens is 290 g/mol. The van der Waals surface area contributed by atoms with E-state index in [9.17, 15) is 4.79 Å². The number of hydrogen-bond acceptors (Lipinski definition) is 3. The number of rotatable bonds is 7. The first-order valence-corrected chi connectivity index (χ1v) is 7.60. The zero-order valence-electron chi connectivity index (χ0n) is 13.9. The predicted molar refractivity (Wildman–Crippen MR) is 90.4 cm³/mol. The fraction of sp³-hybridized carbons (Fsp3) is 0.316. The Morgan fingerprint density at radius 3 is 2.52 bits per heavy atom. The summed E-state index contributed by atoms with van der Waals surface area (Å²) in [4.78, 5) is 12.2. The average Bonchev–Trinajstić information content (AvgIpc) is 2.56. The van der Waals surface area contributed by atoms with Crippen molar-refractivity contribution >= 4 is 5.91 Å². The Hall–Kier alpha value is -2.33. The van der Waals surface area contributed by atoms with Crippen molar-refractivity contribution in [1.82, 2.24) is 5.32 Å².